The standard InChI is InChI=1S/C15H25N3O/c1-3-7-16-14-11-13(4-8-17-14)18-12-15(2)5-9-19-10-6-15/h4,8,11H,3,5-7,9-10,12H2,1-2H3,(H2,16,17,18). The molecule has 0 saturated carbocycles. The van der Waals surface area contributed by atoms with Crippen LogP contribution in [0.5, 0.6) is 0 Å². The molecule has 0 aromatic carbocycles. The molecule has 4 heteroatoms. The number of rotatable bonds is 6. The summed E-state index contributed by atoms with van der Waals surface area (Å²) in [5, 5.41) is 6.85. The molecule has 0 amide bonds. The second-order valence-electron chi connectivity index (χ2n) is 5.63. The molecule has 0 spiro atoms. The third kappa shape index (κ3) is 4.39. The van der Waals surface area contributed by atoms with Crippen LogP contribution in [0.3, 0.4) is 0 Å². The van der Waals surface area contributed by atoms with Crippen LogP contribution in [-0.2, 0) is 4.74 Å². The summed E-state index contributed by atoms with van der Waals surface area (Å²) in [4.78, 5) is 4.32. The van der Waals surface area contributed by atoms with Gasteiger partial charge in [0.1, 0.15) is 5.82 Å². The minimum Gasteiger partial charge on any atom is -0.384 e. The van der Waals surface area contributed by atoms with Crippen molar-refractivity contribution < 1.29 is 4.74 Å². The number of nitrogens with one attached hydrogen (secondary N) is 2. The van der Waals surface area contributed by atoms with Crippen LogP contribution in [0, 0.1) is 5.41 Å². The van der Waals surface area contributed by atoms with E-state index >= 15 is 0 Å². The summed E-state index contributed by atoms with van der Waals surface area (Å²) in [6.45, 7) is 8.22. The maximum atomic E-state index is 5.43. The van der Waals surface area contributed by atoms with Crippen molar-refractivity contribution in [2.45, 2.75) is 33.1 Å². The lowest BCUT2D eigenvalue weighted by Gasteiger charge is -2.33. The number of hydrogen-bond donors (Lipinski definition) is 2. The number of nitrogens with zero attached hydrogens (tertiary/aromatic N) is 1. The first-order valence-corrected chi connectivity index (χ1v) is 7.23. The highest BCUT2D eigenvalue weighted by molar-refractivity contribution is 5.51. The lowest BCUT2D eigenvalue weighted by molar-refractivity contribution is 0.0300. The number of anilines is 2. The average molecular weight is 263 g/mol. The van der Waals surface area contributed by atoms with Crippen LogP contribution in [0.15, 0.2) is 18.3 Å². The van der Waals surface area contributed by atoms with Gasteiger partial charge in [-0.2, -0.15) is 0 Å². The Morgan fingerprint density at radius 2 is 2.11 bits per heavy atom. The van der Waals surface area contributed by atoms with Crippen LogP contribution < -0.4 is 10.6 Å². The zero-order chi connectivity index (χ0) is 13.6. The van der Waals surface area contributed by atoms with Crippen molar-refractivity contribution in [2.75, 3.05) is 36.9 Å². The smallest absolute Gasteiger partial charge is 0.127 e. The fourth-order valence-electron chi connectivity index (χ4n) is 2.25. The predicted octanol–water partition coefficient (Wildman–Crippen LogP) is 3.13. The molecule has 1 aromatic rings. The Hall–Kier alpha value is -1.29. The van der Waals surface area contributed by atoms with E-state index in [2.05, 4.69) is 35.5 Å². The van der Waals surface area contributed by atoms with E-state index in [0.29, 0.717) is 5.41 Å². The molecule has 1 saturated heterocycles. The first-order valence-electron chi connectivity index (χ1n) is 7.23. The molecule has 1 aliphatic heterocycles. The Bertz CT molecular complexity index is 389. The molecule has 106 valence electrons. The largest absolute Gasteiger partial charge is 0.384 e. The molecule has 1 aromatic heterocycles. The van der Waals surface area contributed by atoms with Gasteiger partial charge in [-0.1, -0.05) is 13.8 Å². The molecule has 2 rings (SSSR count). The van der Waals surface area contributed by atoms with Gasteiger partial charge in [0.15, 0.2) is 0 Å². The van der Waals surface area contributed by atoms with E-state index in [4.69, 9.17) is 4.74 Å². The van der Waals surface area contributed by atoms with Gasteiger partial charge in [-0.25, -0.2) is 4.98 Å². The molecule has 19 heavy (non-hydrogen) atoms. The van der Waals surface area contributed by atoms with Crippen LogP contribution in [0.1, 0.15) is 33.1 Å². The molecule has 2 N–H and O–H groups in total. The van der Waals surface area contributed by atoms with E-state index in [0.717, 1.165) is 57.1 Å². The first-order chi connectivity index (χ1) is 9.22. The van der Waals surface area contributed by atoms with Gasteiger partial charge in [0, 0.05) is 44.3 Å². The summed E-state index contributed by atoms with van der Waals surface area (Å²) < 4.78 is 5.43. The van der Waals surface area contributed by atoms with Gasteiger partial charge in [-0.05, 0) is 30.7 Å². The Labute approximate surface area is 116 Å². The summed E-state index contributed by atoms with van der Waals surface area (Å²) in [5.74, 6) is 0.948. The van der Waals surface area contributed by atoms with Gasteiger partial charge < -0.3 is 15.4 Å². The third-order valence-corrected chi connectivity index (χ3v) is 3.74. The van der Waals surface area contributed by atoms with Gasteiger partial charge in [-0.15, -0.1) is 0 Å². The van der Waals surface area contributed by atoms with Gasteiger partial charge in [0.05, 0.1) is 0 Å². The number of ether oxygens (including phenoxy) is 1. The van der Waals surface area contributed by atoms with E-state index in [1.807, 2.05) is 12.3 Å². The van der Waals surface area contributed by atoms with Crippen LogP contribution >= 0.6 is 0 Å². The monoisotopic (exact) mass is 263 g/mol. The van der Waals surface area contributed by atoms with Gasteiger partial charge >= 0.3 is 0 Å². The Morgan fingerprint density at radius 1 is 1.32 bits per heavy atom. The molecule has 4 nitrogen and oxygen atoms in total. The summed E-state index contributed by atoms with van der Waals surface area (Å²) in [5.41, 5.74) is 1.49. The third-order valence-electron chi connectivity index (χ3n) is 3.74. The van der Waals surface area contributed by atoms with Crippen LogP contribution in [0.4, 0.5) is 11.5 Å². The Morgan fingerprint density at radius 3 is 2.84 bits per heavy atom. The zero-order valence-corrected chi connectivity index (χ0v) is 12.0. The molecule has 0 aliphatic carbocycles. The molecule has 2 heterocycles. The highest BCUT2D eigenvalue weighted by Crippen LogP contribution is 2.30. The average Bonchev–Trinajstić information content (AvgIpc) is 2.44. The minimum atomic E-state index is 0.346. The maximum absolute atomic E-state index is 5.43. The molecular formula is C15H25N3O. The van der Waals surface area contributed by atoms with E-state index in [-0.39, 0.29) is 0 Å². The van der Waals surface area contributed by atoms with Crippen molar-refractivity contribution in [1.29, 1.82) is 0 Å². The topological polar surface area (TPSA) is 46.2 Å². The van der Waals surface area contributed by atoms with Crippen LogP contribution in [-0.4, -0.2) is 31.3 Å². The molecule has 1 fully saturated rings. The van der Waals surface area contributed by atoms with Crippen molar-refractivity contribution in [3.8, 4) is 0 Å². The fraction of sp³-hybridized carbons (Fsp3) is 0.667. The van der Waals surface area contributed by atoms with Crippen molar-refractivity contribution in [3.63, 3.8) is 0 Å². The molecule has 0 radical (unpaired) electrons. The lowest BCUT2D eigenvalue weighted by Crippen LogP contribution is -2.33. The maximum Gasteiger partial charge on any atom is 0.127 e. The summed E-state index contributed by atoms with van der Waals surface area (Å²) >= 11 is 0. The normalized spacial score (nSPS) is 18.0. The van der Waals surface area contributed by atoms with Crippen LogP contribution in [0.2, 0.25) is 0 Å². The molecule has 1 aliphatic rings. The van der Waals surface area contributed by atoms with Gasteiger partial charge in [0.2, 0.25) is 0 Å². The summed E-state index contributed by atoms with van der Waals surface area (Å²) in [6, 6.07) is 4.11. The van der Waals surface area contributed by atoms with E-state index in [1.54, 1.807) is 0 Å². The molecule has 0 bridgehead atoms. The number of aromatic nitrogens is 1. The quantitative estimate of drug-likeness (QED) is 0.827. The summed E-state index contributed by atoms with van der Waals surface area (Å²) in [7, 11) is 0. The number of hydrogen-bond acceptors (Lipinski definition) is 4. The van der Waals surface area contributed by atoms with Crippen molar-refractivity contribution in [3.05, 3.63) is 18.3 Å². The number of pyridine rings is 1. The minimum absolute atomic E-state index is 0.346. The Kier molecular flexibility index (Phi) is 5.02. The van der Waals surface area contributed by atoms with E-state index < -0.39 is 0 Å². The van der Waals surface area contributed by atoms with Crippen molar-refractivity contribution >= 4 is 11.5 Å². The Balaban J connectivity index is 1.88. The first kappa shape index (κ1) is 14.1. The van der Waals surface area contributed by atoms with Gasteiger partial charge in [-0.3, -0.25) is 0 Å². The molecule has 0 unspecified atom stereocenters. The fourth-order valence-corrected chi connectivity index (χ4v) is 2.25. The highest BCUT2D eigenvalue weighted by atomic mass is 16.5. The summed E-state index contributed by atoms with van der Waals surface area (Å²) in [6.07, 6.45) is 5.22. The molecular weight excluding hydrogens is 238 g/mol. The highest BCUT2D eigenvalue weighted by Gasteiger charge is 2.26. The molecule has 0 atom stereocenters. The van der Waals surface area contributed by atoms with E-state index in [9.17, 15) is 0 Å². The zero-order valence-electron chi connectivity index (χ0n) is 12.0. The second-order valence-corrected chi connectivity index (χ2v) is 5.63. The van der Waals surface area contributed by atoms with Crippen molar-refractivity contribution in [2.24, 2.45) is 5.41 Å². The van der Waals surface area contributed by atoms with Crippen LogP contribution in [0.25, 0.3) is 0 Å². The van der Waals surface area contributed by atoms with Crippen molar-refractivity contribution in [1.82, 2.24) is 4.98 Å². The second kappa shape index (κ2) is 6.75. The predicted molar refractivity (Wildman–Crippen MR) is 79.7 cm³/mol. The van der Waals surface area contributed by atoms with Gasteiger partial charge in [0.25, 0.3) is 0 Å². The SMILES string of the molecule is CCCNc1cc(NCC2(C)CCOCC2)ccn1. The van der Waals surface area contributed by atoms with E-state index in [1.165, 1.54) is 0 Å². The lowest BCUT2D eigenvalue weighted by atomic mass is 9.82.